The van der Waals surface area contributed by atoms with Gasteiger partial charge in [-0.05, 0) is 42.0 Å². The fourth-order valence-electron chi connectivity index (χ4n) is 1.75. The van der Waals surface area contributed by atoms with Crippen molar-refractivity contribution in [3.63, 3.8) is 0 Å². The average molecular weight is 345 g/mol. The van der Waals surface area contributed by atoms with Crippen molar-refractivity contribution >= 4 is 33.2 Å². The summed E-state index contributed by atoms with van der Waals surface area (Å²) >= 11 is 9.49. The van der Waals surface area contributed by atoms with Crippen molar-refractivity contribution in [3.05, 3.63) is 63.3 Å². The summed E-state index contributed by atoms with van der Waals surface area (Å²) in [5, 5.41) is 13.2. The molecule has 1 unspecified atom stereocenters. The number of benzene rings is 2. The van der Waals surface area contributed by atoms with Gasteiger partial charge in [0, 0.05) is 15.2 Å². The molecule has 2 nitrogen and oxygen atoms in total. The summed E-state index contributed by atoms with van der Waals surface area (Å²) in [6.07, 6.45) is 0. The Morgan fingerprint density at radius 3 is 2.47 bits per heavy atom. The zero-order chi connectivity index (χ0) is 13.8. The highest BCUT2D eigenvalue weighted by Gasteiger charge is 2.14. The van der Waals surface area contributed by atoms with Crippen molar-refractivity contribution in [3.8, 4) is 0 Å². The molecule has 100 valence electrons. The minimum absolute atomic E-state index is 0.112. The van der Waals surface area contributed by atoms with E-state index < -0.39 is 0 Å². The SMILES string of the molecule is OCC(Nc1ccc(F)cc1)c1ccc(Br)cc1Cl. The van der Waals surface area contributed by atoms with Gasteiger partial charge < -0.3 is 10.4 Å². The highest BCUT2D eigenvalue weighted by molar-refractivity contribution is 9.10. The zero-order valence-corrected chi connectivity index (χ0v) is 12.2. The van der Waals surface area contributed by atoms with Gasteiger partial charge in [-0.2, -0.15) is 0 Å². The van der Waals surface area contributed by atoms with E-state index in [1.807, 2.05) is 12.1 Å². The Hall–Kier alpha value is -1.10. The highest BCUT2D eigenvalue weighted by atomic mass is 79.9. The quantitative estimate of drug-likeness (QED) is 0.862. The van der Waals surface area contributed by atoms with Crippen molar-refractivity contribution in [1.29, 1.82) is 0 Å². The summed E-state index contributed by atoms with van der Waals surface area (Å²) in [6.45, 7) is -0.112. The Balaban J connectivity index is 2.22. The molecule has 5 heteroatoms. The van der Waals surface area contributed by atoms with E-state index in [4.69, 9.17) is 11.6 Å². The Morgan fingerprint density at radius 2 is 1.89 bits per heavy atom. The predicted molar refractivity (Wildman–Crippen MR) is 79.0 cm³/mol. The van der Waals surface area contributed by atoms with Gasteiger partial charge in [-0.15, -0.1) is 0 Å². The summed E-state index contributed by atoms with van der Waals surface area (Å²) in [4.78, 5) is 0. The molecule has 0 aromatic heterocycles. The minimum Gasteiger partial charge on any atom is -0.394 e. The molecule has 0 radical (unpaired) electrons. The van der Waals surface area contributed by atoms with E-state index in [9.17, 15) is 9.50 Å². The van der Waals surface area contributed by atoms with Gasteiger partial charge in [-0.1, -0.05) is 33.6 Å². The van der Waals surface area contributed by atoms with Crippen LogP contribution in [0.2, 0.25) is 5.02 Å². The fraction of sp³-hybridized carbons (Fsp3) is 0.143. The molecule has 2 aromatic carbocycles. The third kappa shape index (κ3) is 3.69. The van der Waals surface area contributed by atoms with E-state index in [1.54, 1.807) is 18.2 Å². The number of nitrogens with one attached hydrogen (secondary N) is 1. The lowest BCUT2D eigenvalue weighted by Crippen LogP contribution is -2.15. The van der Waals surface area contributed by atoms with Gasteiger partial charge in [0.2, 0.25) is 0 Å². The van der Waals surface area contributed by atoms with Crippen LogP contribution in [-0.2, 0) is 0 Å². The third-order valence-electron chi connectivity index (χ3n) is 2.71. The van der Waals surface area contributed by atoms with E-state index in [0.29, 0.717) is 5.02 Å². The van der Waals surface area contributed by atoms with Crippen LogP contribution in [0.15, 0.2) is 46.9 Å². The van der Waals surface area contributed by atoms with Gasteiger partial charge in [0.15, 0.2) is 0 Å². The topological polar surface area (TPSA) is 32.3 Å². The number of halogens is 3. The van der Waals surface area contributed by atoms with Crippen LogP contribution < -0.4 is 5.32 Å². The molecule has 0 aliphatic carbocycles. The van der Waals surface area contributed by atoms with Crippen molar-refractivity contribution in [2.24, 2.45) is 0 Å². The normalized spacial score (nSPS) is 12.2. The van der Waals surface area contributed by atoms with Crippen LogP contribution in [-0.4, -0.2) is 11.7 Å². The van der Waals surface area contributed by atoms with Crippen molar-refractivity contribution in [2.75, 3.05) is 11.9 Å². The maximum absolute atomic E-state index is 12.8. The fourth-order valence-corrected chi connectivity index (χ4v) is 2.56. The smallest absolute Gasteiger partial charge is 0.123 e. The summed E-state index contributed by atoms with van der Waals surface area (Å²) in [5.41, 5.74) is 1.51. The number of aliphatic hydroxyl groups is 1. The second kappa shape index (κ2) is 6.37. The first-order valence-electron chi connectivity index (χ1n) is 5.68. The molecule has 0 saturated carbocycles. The first-order valence-corrected chi connectivity index (χ1v) is 6.85. The Bertz CT molecular complexity index is 562. The zero-order valence-electron chi connectivity index (χ0n) is 9.91. The molecule has 1 atom stereocenters. The highest BCUT2D eigenvalue weighted by Crippen LogP contribution is 2.28. The second-order valence-corrected chi connectivity index (χ2v) is 5.38. The predicted octanol–water partition coefficient (Wildman–Crippen LogP) is 4.39. The summed E-state index contributed by atoms with van der Waals surface area (Å²) < 4.78 is 13.7. The van der Waals surface area contributed by atoms with Gasteiger partial charge in [0.1, 0.15) is 5.82 Å². The molecule has 0 heterocycles. The second-order valence-electron chi connectivity index (χ2n) is 4.05. The number of hydrogen-bond acceptors (Lipinski definition) is 2. The van der Waals surface area contributed by atoms with Gasteiger partial charge in [0.05, 0.1) is 12.6 Å². The molecule has 0 bridgehead atoms. The Morgan fingerprint density at radius 1 is 1.21 bits per heavy atom. The van der Waals surface area contributed by atoms with E-state index in [-0.39, 0.29) is 18.5 Å². The van der Waals surface area contributed by atoms with Crippen molar-refractivity contribution in [2.45, 2.75) is 6.04 Å². The van der Waals surface area contributed by atoms with E-state index in [1.165, 1.54) is 12.1 Å². The molecule has 0 saturated heterocycles. The summed E-state index contributed by atoms with van der Waals surface area (Å²) in [5.74, 6) is -0.298. The van der Waals surface area contributed by atoms with Crippen molar-refractivity contribution < 1.29 is 9.50 Å². The maximum atomic E-state index is 12.8. The third-order valence-corrected chi connectivity index (χ3v) is 3.53. The van der Waals surface area contributed by atoms with Crippen molar-refractivity contribution in [1.82, 2.24) is 0 Å². The van der Waals surface area contributed by atoms with E-state index in [2.05, 4.69) is 21.2 Å². The van der Waals surface area contributed by atoms with Crippen LogP contribution in [0.25, 0.3) is 0 Å². The average Bonchev–Trinajstić information content (AvgIpc) is 2.39. The van der Waals surface area contributed by atoms with Crippen LogP contribution in [0.5, 0.6) is 0 Å². The Labute approximate surface area is 124 Å². The van der Waals surface area contributed by atoms with Crippen LogP contribution in [0.1, 0.15) is 11.6 Å². The lowest BCUT2D eigenvalue weighted by molar-refractivity contribution is 0.276. The molecule has 0 fully saturated rings. The molecule has 0 amide bonds. The van der Waals surface area contributed by atoms with Gasteiger partial charge in [0.25, 0.3) is 0 Å². The van der Waals surface area contributed by atoms with Gasteiger partial charge in [-0.3, -0.25) is 0 Å². The number of aliphatic hydroxyl groups excluding tert-OH is 1. The molecular formula is C14H12BrClFNO. The molecule has 2 aromatic rings. The minimum atomic E-state index is -0.342. The van der Waals surface area contributed by atoms with Crippen LogP contribution in [0, 0.1) is 5.82 Å². The van der Waals surface area contributed by atoms with Gasteiger partial charge in [-0.25, -0.2) is 4.39 Å². The summed E-state index contributed by atoms with van der Waals surface area (Å²) in [6, 6.07) is 11.1. The molecule has 0 spiro atoms. The first-order chi connectivity index (χ1) is 9.10. The lowest BCUT2D eigenvalue weighted by atomic mass is 10.1. The number of anilines is 1. The van der Waals surface area contributed by atoms with Gasteiger partial charge >= 0.3 is 0 Å². The van der Waals surface area contributed by atoms with E-state index >= 15 is 0 Å². The molecule has 2 N–H and O–H groups in total. The number of rotatable bonds is 4. The molecule has 0 aliphatic rings. The summed E-state index contributed by atoms with van der Waals surface area (Å²) in [7, 11) is 0. The van der Waals surface area contributed by atoms with E-state index in [0.717, 1.165) is 15.7 Å². The maximum Gasteiger partial charge on any atom is 0.123 e. The Kier molecular flexibility index (Phi) is 4.80. The first kappa shape index (κ1) is 14.3. The lowest BCUT2D eigenvalue weighted by Gasteiger charge is -2.19. The van der Waals surface area contributed by atoms with Crippen LogP contribution >= 0.6 is 27.5 Å². The molecule has 0 aliphatic heterocycles. The number of hydrogen-bond donors (Lipinski definition) is 2. The molecular weight excluding hydrogens is 333 g/mol. The monoisotopic (exact) mass is 343 g/mol. The standard InChI is InChI=1S/C14H12BrClFNO/c15-9-1-6-12(13(16)7-9)14(8-19)18-11-4-2-10(17)3-5-11/h1-7,14,18-19H,8H2. The molecule has 2 rings (SSSR count). The van der Waals surface area contributed by atoms with Crippen LogP contribution in [0.3, 0.4) is 0 Å². The van der Waals surface area contributed by atoms with Crippen LogP contribution in [0.4, 0.5) is 10.1 Å². The molecule has 19 heavy (non-hydrogen) atoms. The largest absolute Gasteiger partial charge is 0.394 e.